The van der Waals surface area contributed by atoms with Crippen LogP contribution in [0.25, 0.3) is 0 Å². The highest BCUT2D eigenvalue weighted by Gasteiger charge is 2.34. The Kier molecular flexibility index (Phi) is 10.6. The number of nitrogens with one attached hydrogen (secondary N) is 2. The number of hydrogen-bond acceptors (Lipinski definition) is 4. The third kappa shape index (κ3) is 8.72. The molecule has 0 heterocycles. The largest absolute Gasteiger partial charge is 0.573 e. The van der Waals surface area contributed by atoms with E-state index in [0.717, 1.165) is 12.1 Å². The van der Waals surface area contributed by atoms with Crippen LogP contribution in [0, 0.1) is 17.5 Å². The summed E-state index contributed by atoms with van der Waals surface area (Å²) in [5, 5.41) is 13.3. The Morgan fingerprint density at radius 2 is 1.48 bits per heavy atom. The number of carbonyl (C=O) groups is 3. The number of ether oxygens (including phenoxy) is 1. The van der Waals surface area contributed by atoms with Gasteiger partial charge < -0.3 is 20.5 Å². The van der Waals surface area contributed by atoms with Gasteiger partial charge in [0.25, 0.3) is 5.91 Å². The summed E-state index contributed by atoms with van der Waals surface area (Å²) < 4.78 is 84.1. The number of halogens is 6. The number of amides is 2. The average Bonchev–Trinajstić information content (AvgIpc) is 2.90. The van der Waals surface area contributed by atoms with E-state index >= 15 is 0 Å². The van der Waals surface area contributed by atoms with E-state index in [0.29, 0.717) is 30.5 Å². The van der Waals surface area contributed by atoms with Crippen LogP contribution in [0.1, 0.15) is 59.5 Å². The monoisotopic (exact) mass is 596 g/mol. The standard InChI is InChI=1S/C29H26F6N2O5/c1-2-3-21(16-4-6-18(7-5-16)27(40)36-13-12-24(38)39)25(17-8-10-20(11-9-17)42-29(33,34)35)28(41)37-26-22(31)14-19(30)15-23(26)32/h4-11,14-15,21,25H,2-3,12-13H2,1H3,(H,36,40)(H,37,41)(H,38,39). The summed E-state index contributed by atoms with van der Waals surface area (Å²) in [5.74, 6) is -8.91. The molecule has 0 bridgehead atoms. The first-order valence-electron chi connectivity index (χ1n) is 12.7. The number of alkyl halides is 3. The van der Waals surface area contributed by atoms with Gasteiger partial charge in [0.1, 0.15) is 17.3 Å². The van der Waals surface area contributed by atoms with Gasteiger partial charge in [0.15, 0.2) is 11.6 Å². The van der Waals surface area contributed by atoms with Crippen LogP contribution in [0.4, 0.5) is 32.0 Å². The predicted molar refractivity (Wildman–Crippen MR) is 139 cm³/mol. The lowest BCUT2D eigenvalue weighted by Crippen LogP contribution is -2.28. The predicted octanol–water partition coefficient (Wildman–Crippen LogP) is 6.51. The number of carbonyl (C=O) groups excluding carboxylic acids is 2. The van der Waals surface area contributed by atoms with Crippen LogP contribution >= 0.6 is 0 Å². The van der Waals surface area contributed by atoms with Crippen molar-refractivity contribution in [1.29, 1.82) is 0 Å². The van der Waals surface area contributed by atoms with Crippen molar-refractivity contribution >= 4 is 23.5 Å². The van der Waals surface area contributed by atoms with E-state index in [-0.39, 0.29) is 24.1 Å². The van der Waals surface area contributed by atoms with E-state index in [1.165, 1.54) is 24.3 Å². The van der Waals surface area contributed by atoms with Gasteiger partial charge in [-0.25, -0.2) is 13.2 Å². The summed E-state index contributed by atoms with van der Waals surface area (Å²) in [4.78, 5) is 36.6. The zero-order valence-corrected chi connectivity index (χ0v) is 22.1. The molecule has 0 aliphatic rings. The topological polar surface area (TPSA) is 105 Å². The van der Waals surface area contributed by atoms with Crippen molar-refractivity contribution in [2.24, 2.45) is 0 Å². The van der Waals surface area contributed by atoms with Gasteiger partial charge in [-0.3, -0.25) is 14.4 Å². The summed E-state index contributed by atoms with van der Waals surface area (Å²) in [5.41, 5.74) is 0.0187. The summed E-state index contributed by atoms with van der Waals surface area (Å²) in [7, 11) is 0. The van der Waals surface area contributed by atoms with Crippen LogP contribution in [0.15, 0.2) is 60.7 Å². The molecule has 0 aliphatic carbocycles. The van der Waals surface area contributed by atoms with Crippen LogP contribution in [0.2, 0.25) is 0 Å². The summed E-state index contributed by atoms with van der Waals surface area (Å²) in [6.45, 7) is 1.72. The van der Waals surface area contributed by atoms with Crippen LogP contribution < -0.4 is 15.4 Å². The number of carboxylic acids is 1. The number of benzene rings is 3. The third-order valence-electron chi connectivity index (χ3n) is 6.24. The molecule has 0 aliphatic heterocycles. The molecule has 7 nitrogen and oxygen atoms in total. The Morgan fingerprint density at radius 3 is 2.00 bits per heavy atom. The first kappa shape index (κ1) is 32.0. The first-order chi connectivity index (χ1) is 19.8. The summed E-state index contributed by atoms with van der Waals surface area (Å²) in [6.07, 6.45) is -4.39. The smallest absolute Gasteiger partial charge is 0.481 e. The Labute approximate surface area is 236 Å². The van der Waals surface area contributed by atoms with Gasteiger partial charge in [0, 0.05) is 24.2 Å². The maximum Gasteiger partial charge on any atom is 0.573 e. The molecule has 2 atom stereocenters. The Bertz CT molecular complexity index is 1390. The third-order valence-corrected chi connectivity index (χ3v) is 6.24. The van der Waals surface area contributed by atoms with Crippen LogP contribution in [0.5, 0.6) is 5.75 Å². The molecule has 0 spiro atoms. The van der Waals surface area contributed by atoms with Gasteiger partial charge in [0.2, 0.25) is 5.91 Å². The summed E-state index contributed by atoms with van der Waals surface area (Å²) in [6, 6.07) is 11.2. The second-order valence-electron chi connectivity index (χ2n) is 9.25. The van der Waals surface area contributed by atoms with E-state index in [2.05, 4.69) is 15.4 Å². The fourth-order valence-electron chi connectivity index (χ4n) is 4.41. The van der Waals surface area contributed by atoms with Crippen molar-refractivity contribution in [2.45, 2.75) is 44.4 Å². The lowest BCUT2D eigenvalue weighted by molar-refractivity contribution is -0.274. The molecule has 42 heavy (non-hydrogen) atoms. The van der Waals surface area contributed by atoms with Gasteiger partial charge >= 0.3 is 12.3 Å². The number of rotatable bonds is 12. The van der Waals surface area contributed by atoms with Crippen molar-refractivity contribution in [1.82, 2.24) is 5.32 Å². The number of anilines is 1. The van der Waals surface area contributed by atoms with E-state index in [1.807, 2.05) is 6.92 Å². The fraction of sp³-hybridized carbons (Fsp3) is 0.276. The minimum Gasteiger partial charge on any atom is -0.481 e. The number of hydrogen-bond donors (Lipinski definition) is 3. The molecule has 3 aromatic rings. The van der Waals surface area contributed by atoms with Gasteiger partial charge in [-0.1, -0.05) is 37.6 Å². The highest BCUT2D eigenvalue weighted by Crippen LogP contribution is 2.39. The van der Waals surface area contributed by atoms with Gasteiger partial charge in [-0.05, 0) is 47.7 Å². The second kappa shape index (κ2) is 13.9. The minimum absolute atomic E-state index is 0.0961. The molecule has 0 saturated carbocycles. The summed E-state index contributed by atoms with van der Waals surface area (Å²) >= 11 is 0. The van der Waals surface area contributed by atoms with E-state index in [1.54, 1.807) is 12.1 Å². The molecule has 0 aromatic heterocycles. The molecule has 224 valence electrons. The first-order valence-corrected chi connectivity index (χ1v) is 12.7. The molecule has 13 heteroatoms. The molecule has 0 fully saturated rings. The number of aliphatic carboxylic acids is 1. The molecule has 3 N–H and O–H groups in total. The second-order valence-corrected chi connectivity index (χ2v) is 9.25. The lowest BCUT2D eigenvalue weighted by Gasteiger charge is -2.28. The maximum absolute atomic E-state index is 14.4. The zero-order valence-electron chi connectivity index (χ0n) is 22.1. The molecule has 0 radical (unpaired) electrons. The van der Waals surface area contributed by atoms with Gasteiger partial charge in [-0.15, -0.1) is 13.2 Å². The van der Waals surface area contributed by atoms with Crippen LogP contribution in [-0.2, 0) is 9.59 Å². The lowest BCUT2D eigenvalue weighted by atomic mass is 9.78. The van der Waals surface area contributed by atoms with E-state index in [4.69, 9.17) is 5.11 Å². The van der Waals surface area contributed by atoms with Crippen molar-refractivity contribution in [2.75, 3.05) is 11.9 Å². The van der Waals surface area contributed by atoms with E-state index < -0.39 is 64.9 Å². The van der Waals surface area contributed by atoms with Crippen LogP contribution in [0.3, 0.4) is 0 Å². The van der Waals surface area contributed by atoms with Crippen molar-refractivity contribution < 1.29 is 50.6 Å². The van der Waals surface area contributed by atoms with Crippen molar-refractivity contribution in [3.05, 3.63) is 94.8 Å². The highest BCUT2D eigenvalue weighted by atomic mass is 19.4. The van der Waals surface area contributed by atoms with Crippen molar-refractivity contribution in [3.8, 4) is 5.75 Å². The zero-order chi connectivity index (χ0) is 31.0. The molecule has 2 amide bonds. The molecular weight excluding hydrogens is 570 g/mol. The van der Waals surface area contributed by atoms with Gasteiger partial charge in [0.05, 0.1) is 12.3 Å². The molecule has 0 saturated heterocycles. The fourth-order valence-corrected chi connectivity index (χ4v) is 4.41. The molecule has 3 aromatic carbocycles. The molecular formula is C29H26F6N2O5. The molecule has 2 unspecified atom stereocenters. The number of carboxylic acid groups (broad SMARTS) is 1. The molecule has 3 rings (SSSR count). The quantitative estimate of drug-likeness (QED) is 0.207. The Morgan fingerprint density at radius 1 is 0.905 bits per heavy atom. The van der Waals surface area contributed by atoms with Crippen molar-refractivity contribution in [3.63, 3.8) is 0 Å². The Balaban J connectivity index is 1.99. The minimum atomic E-state index is -4.96. The van der Waals surface area contributed by atoms with Crippen LogP contribution in [-0.4, -0.2) is 35.8 Å². The van der Waals surface area contributed by atoms with E-state index in [9.17, 15) is 40.7 Å². The van der Waals surface area contributed by atoms with Gasteiger partial charge in [-0.2, -0.15) is 0 Å². The Hall–Kier alpha value is -4.55. The SMILES string of the molecule is CCCC(c1ccc(C(=O)NCCC(=O)O)cc1)C(C(=O)Nc1c(F)cc(F)cc1F)c1ccc(OC(F)(F)F)cc1. The highest BCUT2D eigenvalue weighted by molar-refractivity contribution is 5.97. The normalized spacial score (nSPS) is 12.7. The average molecular weight is 597 g/mol. The maximum atomic E-state index is 14.4.